The molecule has 0 aliphatic carbocycles. The van der Waals surface area contributed by atoms with Gasteiger partial charge in [0.1, 0.15) is 24.3 Å². The van der Waals surface area contributed by atoms with Gasteiger partial charge in [-0.15, -0.1) is 0 Å². The summed E-state index contributed by atoms with van der Waals surface area (Å²) < 4.78 is 2.39. The molecule has 0 aromatic carbocycles. The monoisotopic (exact) mass is 287 g/mol. The van der Waals surface area contributed by atoms with Crippen LogP contribution < -0.4 is 0 Å². The minimum absolute atomic E-state index is 0.106. The molecule has 0 saturated heterocycles. The molecule has 0 saturated carbocycles. The lowest BCUT2D eigenvalue weighted by Crippen LogP contribution is -2.00. The molecule has 2 rings (SSSR count). The van der Waals surface area contributed by atoms with Gasteiger partial charge in [-0.25, -0.2) is 9.97 Å². The molecule has 0 fully saturated rings. The average molecular weight is 288 g/mol. The fourth-order valence-corrected chi connectivity index (χ4v) is 1.58. The van der Waals surface area contributed by atoms with E-state index in [1.807, 2.05) is 25.1 Å². The zero-order chi connectivity index (χ0) is 12.4. The van der Waals surface area contributed by atoms with Crippen LogP contribution in [-0.2, 0) is 0 Å². The van der Waals surface area contributed by atoms with Crippen LogP contribution in [0.2, 0.25) is 0 Å². The van der Waals surface area contributed by atoms with Crippen LogP contribution in [0.25, 0.3) is 5.82 Å². The van der Waals surface area contributed by atoms with E-state index in [2.05, 4.69) is 25.9 Å². The Morgan fingerprint density at radius 3 is 2.65 bits per heavy atom. The number of hydrogen-bond donors (Lipinski definition) is 0. The average Bonchev–Trinajstić information content (AvgIpc) is 2.75. The second-order valence-corrected chi connectivity index (χ2v) is 4.18. The highest BCUT2D eigenvalue weighted by molar-refractivity contribution is 9.10. The predicted octanol–water partition coefficient (Wildman–Crippen LogP) is 2.08. The van der Waals surface area contributed by atoms with Crippen molar-refractivity contribution in [3.8, 4) is 18.0 Å². The largest absolute Gasteiger partial charge is 0.273 e. The number of aromatic nitrogens is 3. The van der Waals surface area contributed by atoms with Gasteiger partial charge in [0.15, 0.2) is 11.4 Å². The van der Waals surface area contributed by atoms with Crippen molar-refractivity contribution < 1.29 is 0 Å². The van der Waals surface area contributed by atoms with Crippen molar-refractivity contribution >= 4 is 15.9 Å². The van der Waals surface area contributed by atoms with Crippen molar-refractivity contribution in [2.75, 3.05) is 0 Å². The molecule has 2 aromatic heterocycles. The van der Waals surface area contributed by atoms with Gasteiger partial charge < -0.3 is 0 Å². The Morgan fingerprint density at radius 1 is 1.29 bits per heavy atom. The number of aryl methyl sites for hydroxylation is 1. The first-order chi connectivity index (χ1) is 8.17. The van der Waals surface area contributed by atoms with E-state index in [-0.39, 0.29) is 11.4 Å². The lowest BCUT2D eigenvalue weighted by atomic mass is 10.3. The van der Waals surface area contributed by atoms with Crippen molar-refractivity contribution in [2.45, 2.75) is 6.92 Å². The molecule has 0 atom stereocenters. The van der Waals surface area contributed by atoms with Crippen LogP contribution >= 0.6 is 15.9 Å². The fraction of sp³-hybridized carbons (Fsp3) is 0.0909. The van der Waals surface area contributed by atoms with Crippen molar-refractivity contribution in [3.63, 3.8) is 0 Å². The Morgan fingerprint density at radius 2 is 2.06 bits per heavy atom. The molecule has 82 valence electrons. The normalized spacial score (nSPS) is 9.65. The van der Waals surface area contributed by atoms with Crippen molar-refractivity contribution in [2.24, 2.45) is 0 Å². The van der Waals surface area contributed by atoms with E-state index in [1.165, 1.54) is 10.9 Å². The summed E-state index contributed by atoms with van der Waals surface area (Å²) in [6.07, 6.45) is 3.07. The highest BCUT2D eigenvalue weighted by Gasteiger charge is 2.12. The maximum absolute atomic E-state index is 9.01. The molecule has 0 unspecified atom stereocenters. The quantitative estimate of drug-likeness (QED) is 0.804. The molecule has 0 spiro atoms. The Bertz CT molecular complexity index is 659. The number of imidazole rings is 1. The molecule has 0 aliphatic heterocycles. The van der Waals surface area contributed by atoms with Crippen molar-refractivity contribution in [1.29, 1.82) is 10.5 Å². The summed E-state index contributed by atoms with van der Waals surface area (Å²) in [5, 5.41) is 17.8. The zero-order valence-electron chi connectivity index (χ0n) is 8.85. The van der Waals surface area contributed by atoms with Crippen LogP contribution in [0.15, 0.2) is 23.1 Å². The SMILES string of the molecule is Cc1cc(-n2cnc(C#N)c2C#N)ncc1Br. The van der Waals surface area contributed by atoms with E-state index in [4.69, 9.17) is 10.5 Å². The minimum Gasteiger partial charge on any atom is -0.273 e. The van der Waals surface area contributed by atoms with Crippen LogP contribution in [0.1, 0.15) is 17.0 Å². The molecule has 0 aliphatic rings. The third kappa shape index (κ3) is 1.91. The molecule has 0 radical (unpaired) electrons. The van der Waals surface area contributed by atoms with Crippen LogP contribution in [0.3, 0.4) is 0 Å². The van der Waals surface area contributed by atoms with Crippen LogP contribution in [0.4, 0.5) is 0 Å². The molecular weight excluding hydrogens is 282 g/mol. The molecule has 5 nitrogen and oxygen atoms in total. The third-order valence-corrected chi connectivity index (χ3v) is 3.09. The first-order valence-electron chi connectivity index (χ1n) is 4.67. The van der Waals surface area contributed by atoms with Gasteiger partial charge in [-0.05, 0) is 34.5 Å². The predicted molar refractivity (Wildman–Crippen MR) is 63.2 cm³/mol. The highest BCUT2D eigenvalue weighted by Crippen LogP contribution is 2.18. The maximum Gasteiger partial charge on any atom is 0.177 e. The number of nitriles is 2. The summed E-state index contributed by atoms with van der Waals surface area (Å²) in [7, 11) is 0. The lowest BCUT2D eigenvalue weighted by molar-refractivity contribution is 0.969. The summed E-state index contributed by atoms with van der Waals surface area (Å²) in [6, 6.07) is 5.64. The minimum atomic E-state index is 0.106. The van der Waals surface area contributed by atoms with E-state index in [9.17, 15) is 0 Å². The molecular formula is C11H6BrN5. The highest BCUT2D eigenvalue weighted by atomic mass is 79.9. The number of rotatable bonds is 1. The van der Waals surface area contributed by atoms with E-state index in [0.717, 1.165) is 10.0 Å². The van der Waals surface area contributed by atoms with Gasteiger partial charge in [-0.1, -0.05) is 0 Å². The summed E-state index contributed by atoms with van der Waals surface area (Å²) in [5.41, 5.74) is 1.29. The Kier molecular flexibility index (Phi) is 2.90. The fourth-order valence-electron chi connectivity index (χ4n) is 1.37. The van der Waals surface area contributed by atoms with Crippen molar-refractivity contribution in [3.05, 3.63) is 40.0 Å². The van der Waals surface area contributed by atoms with Gasteiger partial charge in [-0.2, -0.15) is 10.5 Å². The van der Waals surface area contributed by atoms with Crippen LogP contribution in [0, 0.1) is 29.6 Å². The van der Waals surface area contributed by atoms with Gasteiger partial charge in [-0.3, -0.25) is 4.57 Å². The van der Waals surface area contributed by atoms with E-state index in [0.29, 0.717) is 5.82 Å². The number of halogens is 1. The molecule has 6 heteroatoms. The summed E-state index contributed by atoms with van der Waals surface area (Å²) in [4.78, 5) is 8.04. The van der Waals surface area contributed by atoms with Crippen molar-refractivity contribution in [1.82, 2.24) is 14.5 Å². The molecule has 0 N–H and O–H groups in total. The maximum atomic E-state index is 9.01. The Hall–Kier alpha value is -2.18. The molecule has 2 aromatic rings. The van der Waals surface area contributed by atoms with Gasteiger partial charge in [0, 0.05) is 10.7 Å². The Labute approximate surface area is 106 Å². The summed E-state index contributed by atoms with van der Waals surface area (Å²) in [6.45, 7) is 1.92. The van der Waals surface area contributed by atoms with E-state index in [1.54, 1.807) is 6.20 Å². The number of nitrogens with zero attached hydrogens (tertiary/aromatic N) is 5. The standard InChI is InChI=1S/C11H6BrN5/c1-7-2-11(15-5-8(7)12)17-6-16-9(3-13)10(17)4-14/h2,5-6H,1H3. The molecule has 2 heterocycles. The smallest absolute Gasteiger partial charge is 0.177 e. The molecule has 0 bridgehead atoms. The summed E-state index contributed by atoms with van der Waals surface area (Å²) >= 11 is 3.35. The lowest BCUT2D eigenvalue weighted by Gasteiger charge is -2.04. The van der Waals surface area contributed by atoms with Crippen LogP contribution in [0.5, 0.6) is 0 Å². The number of pyridine rings is 1. The second-order valence-electron chi connectivity index (χ2n) is 3.33. The topological polar surface area (TPSA) is 78.3 Å². The first-order valence-corrected chi connectivity index (χ1v) is 5.46. The number of hydrogen-bond acceptors (Lipinski definition) is 4. The first kappa shape index (κ1) is 11.3. The van der Waals surface area contributed by atoms with Gasteiger partial charge in [0.05, 0.1) is 0 Å². The third-order valence-electron chi connectivity index (χ3n) is 2.26. The zero-order valence-corrected chi connectivity index (χ0v) is 10.4. The van der Waals surface area contributed by atoms with Gasteiger partial charge in [0.25, 0.3) is 0 Å². The second kappa shape index (κ2) is 4.36. The Balaban J connectivity index is 2.62. The molecule has 17 heavy (non-hydrogen) atoms. The molecule has 0 amide bonds. The van der Waals surface area contributed by atoms with Crippen LogP contribution in [-0.4, -0.2) is 14.5 Å². The van der Waals surface area contributed by atoms with E-state index >= 15 is 0 Å². The summed E-state index contributed by atoms with van der Waals surface area (Å²) in [5.74, 6) is 0.566. The van der Waals surface area contributed by atoms with Gasteiger partial charge in [0.2, 0.25) is 0 Å². The van der Waals surface area contributed by atoms with Gasteiger partial charge >= 0.3 is 0 Å². The van der Waals surface area contributed by atoms with E-state index < -0.39 is 0 Å².